The first kappa shape index (κ1) is 17.2. The van der Waals surface area contributed by atoms with Crippen LogP contribution in [0.25, 0.3) is 0 Å². The predicted octanol–water partition coefficient (Wildman–Crippen LogP) is 0.901. The van der Waals surface area contributed by atoms with Gasteiger partial charge in [0.1, 0.15) is 5.25 Å². The minimum absolute atomic E-state index is 0.0103. The summed E-state index contributed by atoms with van der Waals surface area (Å²) in [7, 11) is -3.58. The summed E-state index contributed by atoms with van der Waals surface area (Å²) in [4.78, 5) is 24.7. The molecule has 2 fully saturated rings. The molecule has 24 heavy (non-hydrogen) atoms. The Balaban J connectivity index is 1.61. The molecule has 3 rings (SSSR count). The number of rotatable bonds is 4. The van der Waals surface area contributed by atoms with E-state index in [0.717, 1.165) is 0 Å². The Labute approximate surface area is 144 Å². The van der Waals surface area contributed by atoms with Crippen LogP contribution in [0.3, 0.4) is 0 Å². The molecule has 0 spiro atoms. The zero-order valence-corrected chi connectivity index (χ0v) is 14.3. The fourth-order valence-corrected chi connectivity index (χ4v) is 5.06. The number of hydrogen-bond donors (Lipinski definition) is 1. The van der Waals surface area contributed by atoms with Crippen molar-refractivity contribution in [3.63, 3.8) is 0 Å². The third-order valence-electron chi connectivity index (χ3n) is 4.49. The molecule has 2 aliphatic rings. The van der Waals surface area contributed by atoms with E-state index in [4.69, 9.17) is 16.7 Å². The van der Waals surface area contributed by atoms with E-state index in [0.29, 0.717) is 17.0 Å². The van der Waals surface area contributed by atoms with Crippen molar-refractivity contribution in [3.05, 3.63) is 34.9 Å². The molecule has 1 N–H and O–H groups in total. The van der Waals surface area contributed by atoms with Crippen molar-refractivity contribution in [2.24, 2.45) is 5.92 Å². The molecule has 0 aromatic heterocycles. The van der Waals surface area contributed by atoms with Gasteiger partial charge < -0.3 is 10.0 Å². The van der Waals surface area contributed by atoms with E-state index in [1.54, 1.807) is 24.3 Å². The number of carbonyl (C=O) groups is 2. The van der Waals surface area contributed by atoms with Crippen molar-refractivity contribution in [2.75, 3.05) is 26.2 Å². The minimum Gasteiger partial charge on any atom is -0.481 e. The molecular weight excluding hydrogens is 356 g/mol. The highest BCUT2D eigenvalue weighted by Gasteiger charge is 2.45. The lowest BCUT2D eigenvalue weighted by molar-refractivity contribution is -0.141. The Morgan fingerprint density at radius 3 is 2.50 bits per heavy atom. The first-order valence-electron chi connectivity index (χ1n) is 7.55. The smallest absolute Gasteiger partial charge is 0.307 e. The largest absolute Gasteiger partial charge is 0.481 e. The van der Waals surface area contributed by atoms with Crippen LogP contribution in [0.4, 0.5) is 0 Å². The molecule has 1 amide bonds. The fourth-order valence-electron chi connectivity index (χ4n) is 2.97. The number of amides is 1. The zero-order chi connectivity index (χ0) is 17.5. The summed E-state index contributed by atoms with van der Waals surface area (Å²) in [6, 6.07) is 6.51. The van der Waals surface area contributed by atoms with Gasteiger partial charge in [0.15, 0.2) is 0 Å². The predicted molar refractivity (Wildman–Crippen MR) is 87.4 cm³/mol. The second-order valence-electron chi connectivity index (χ2n) is 6.07. The van der Waals surface area contributed by atoms with Crippen molar-refractivity contribution in [1.82, 2.24) is 9.21 Å². The van der Waals surface area contributed by atoms with Gasteiger partial charge in [-0.15, -0.1) is 0 Å². The maximum absolute atomic E-state index is 12.5. The molecule has 1 aromatic rings. The number of likely N-dealkylation sites (tertiary alicyclic amines) is 1. The molecule has 2 saturated heterocycles. The number of benzene rings is 1. The molecule has 0 saturated carbocycles. The molecule has 1 aromatic carbocycles. The van der Waals surface area contributed by atoms with Gasteiger partial charge in [0, 0.05) is 36.8 Å². The van der Waals surface area contributed by atoms with Gasteiger partial charge in [-0.3, -0.25) is 9.59 Å². The number of hydrogen-bond acceptors (Lipinski definition) is 4. The van der Waals surface area contributed by atoms with Gasteiger partial charge in [0.05, 0.1) is 5.92 Å². The minimum atomic E-state index is -3.58. The number of sulfonamides is 1. The van der Waals surface area contributed by atoms with E-state index in [1.165, 1.54) is 9.21 Å². The van der Waals surface area contributed by atoms with Crippen LogP contribution in [0, 0.1) is 5.92 Å². The van der Waals surface area contributed by atoms with E-state index >= 15 is 0 Å². The summed E-state index contributed by atoms with van der Waals surface area (Å²) in [5, 5.41) is 8.76. The van der Waals surface area contributed by atoms with Crippen LogP contribution in [0.15, 0.2) is 24.3 Å². The quantitative estimate of drug-likeness (QED) is 0.847. The number of nitrogens with zero attached hydrogens (tertiary/aromatic N) is 2. The van der Waals surface area contributed by atoms with Crippen LogP contribution in [0.1, 0.15) is 16.8 Å². The molecule has 0 aliphatic carbocycles. The van der Waals surface area contributed by atoms with Crippen LogP contribution < -0.4 is 0 Å². The number of halogens is 1. The maximum Gasteiger partial charge on any atom is 0.307 e. The monoisotopic (exact) mass is 372 g/mol. The van der Waals surface area contributed by atoms with Crippen molar-refractivity contribution >= 4 is 33.5 Å². The van der Waals surface area contributed by atoms with Gasteiger partial charge in [-0.1, -0.05) is 17.7 Å². The second-order valence-corrected chi connectivity index (χ2v) is 8.72. The lowest BCUT2D eigenvalue weighted by Crippen LogP contribution is -2.59. The normalized spacial score (nSPS) is 22.4. The number of aliphatic carboxylic acids is 1. The fraction of sp³-hybridized carbons (Fsp3) is 0.467. The lowest BCUT2D eigenvalue weighted by atomic mass is 10.1. The van der Waals surface area contributed by atoms with E-state index in [-0.39, 0.29) is 32.1 Å². The summed E-state index contributed by atoms with van der Waals surface area (Å²) < 4.78 is 26.3. The Morgan fingerprint density at radius 1 is 1.21 bits per heavy atom. The Morgan fingerprint density at radius 2 is 1.92 bits per heavy atom. The van der Waals surface area contributed by atoms with Crippen molar-refractivity contribution in [3.8, 4) is 0 Å². The highest BCUT2D eigenvalue weighted by atomic mass is 35.5. The SMILES string of the molecule is O=C(O)C1CCN(S(=O)(=O)C2CN(C(=O)c3cccc(Cl)c3)C2)C1. The van der Waals surface area contributed by atoms with E-state index in [2.05, 4.69) is 0 Å². The summed E-state index contributed by atoms with van der Waals surface area (Å²) in [6.45, 7) is 0.457. The number of carbonyl (C=O) groups excluding carboxylic acids is 1. The average Bonchev–Trinajstić information content (AvgIpc) is 2.96. The molecule has 9 heteroatoms. The third kappa shape index (κ3) is 3.13. The number of carboxylic acid groups (broad SMARTS) is 1. The topological polar surface area (TPSA) is 95.0 Å². The van der Waals surface area contributed by atoms with E-state index < -0.39 is 27.2 Å². The third-order valence-corrected chi connectivity index (χ3v) is 6.92. The van der Waals surface area contributed by atoms with Gasteiger partial charge in [0.25, 0.3) is 5.91 Å². The van der Waals surface area contributed by atoms with Crippen molar-refractivity contribution < 1.29 is 23.1 Å². The zero-order valence-electron chi connectivity index (χ0n) is 12.8. The summed E-state index contributed by atoms with van der Waals surface area (Å²) in [5.74, 6) is -1.88. The first-order chi connectivity index (χ1) is 11.3. The summed E-state index contributed by atoms with van der Waals surface area (Å²) >= 11 is 5.86. The summed E-state index contributed by atoms with van der Waals surface area (Å²) in [6.07, 6.45) is 0.326. The maximum atomic E-state index is 12.5. The van der Waals surface area contributed by atoms with Crippen LogP contribution in [0.5, 0.6) is 0 Å². The molecular formula is C15H17ClN2O5S. The highest BCUT2D eigenvalue weighted by Crippen LogP contribution is 2.27. The number of carboxylic acids is 1. The molecule has 2 heterocycles. The molecule has 1 unspecified atom stereocenters. The first-order valence-corrected chi connectivity index (χ1v) is 9.44. The Kier molecular flexibility index (Phi) is 4.54. The second kappa shape index (κ2) is 6.34. The van der Waals surface area contributed by atoms with Crippen LogP contribution in [-0.2, 0) is 14.8 Å². The molecule has 0 radical (unpaired) electrons. The highest BCUT2D eigenvalue weighted by molar-refractivity contribution is 7.89. The molecule has 2 aliphatic heterocycles. The van der Waals surface area contributed by atoms with Crippen LogP contribution in [0.2, 0.25) is 5.02 Å². The molecule has 7 nitrogen and oxygen atoms in total. The van der Waals surface area contributed by atoms with Gasteiger partial charge in [-0.05, 0) is 24.6 Å². The van der Waals surface area contributed by atoms with Crippen molar-refractivity contribution in [2.45, 2.75) is 11.7 Å². The standard InChI is InChI=1S/C15H17ClN2O5S/c16-12-3-1-2-10(6-12)14(19)17-8-13(9-17)24(22,23)18-5-4-11(7-18)15(20)21/h1-3,6,11,13H,4-5,7-9H2,(H,20,21). The average molecular weight is 373 g/mol. The molecule has 1 atom stereocenters. The van der Waals surface area contributed by atoms with Crippen LogP contribution >= 0.6 is 11.6 Å². The van der Waals surface area contributed by atoms with Gasteiger partial charge in [-0.2, -0.15) is 0 Å². The Bertz CT molecular complexity index is 776. The molecule has 0 bridgehead atoms. The van der Waals surface area contributed by atoms with Gasteiger partial charge in [0.2, 0.25) is 10.0 Å². The molecule has 130 valence electrons. The van der Waals surface area contributed by atoms with Crippen molar-refractivity contribution in [1.29, 1.82) is 0 Å². The van der Waals surface area contributed by atoms with E-state index in [1.807, 2.05) is 0 Å². The van der Waals surface area contributed by atoms with Gasteiger partial charge in [-0.25, -0.2) is 12.7 Å². The van der Waals surface area contributed by atoms with E-state index in [9.17, 15) is 18.0 Å². The lowest BCUT2D eigenvalue weighted by Gasteiger charge is -2.40. The summed E-state index contributed by atoms with van der Waals surface area (Å²) in [5.41, 5.74) is 0.422. The van der Waals surface area contributed by atoms with Gasteiger partial charge >= 0.3 is 5.97 Å². The van der Waals surface area contributed by atoms with Crippen LogP contribution in [-0.4, -0.2) is 66.0 Å². The Hall–Kier alpha value is -1.64.